The average molecular weight is 170 g/mol. The molecule has 0 spiro atoms. The molecule has 72 valence electrons. The molecule has 1 rings (SSSR count). The largest absolute Gasteiger partial charge is 0.300 e. The van der Waals surface area contributed by atoms with E-state index in [0.717, 1.165) is 19.3 Å². The van der Waals surface area contributed by atoms with Gasteiger partial charge in [0, 0.05) is 12.8 Å². The summed E-state index contributed by atoms with van der Waals surface area (Å²) in [6, 6.07) is 0. The maximum Gasteiger partial charge on any atom is 0.133 e. The molecule has 0 aromatic carbocycles. The molecule has 1 atom stereocenters. The Kier molecular flexibility index (Phi) is 12.1. The summed E-state index contributed by atoms with van der Waals surface area (Å²) in [6.07, 6.45) is 4.05. The Morgan fingerprint density at radius 2 is 1.83 bits per heavy atom. The molecular weight excluding hydrogens is 148 g/mol. The summed E-state index contributed by atoms with van der Waals surface area (Å²) in [5.74, 6) is 1.12. The Hall–Kier alpha value is -0.590. The lowest BCUT2D eigenvalue weighted by molar-refractivity contribution is -0.121. The smallest absolute Gasteiger partial charge is 0.133 e. The van der Waals surface area contributed by atoms with Gasteiger partial charge in [-0.15, -0.1) is 13.2 Å². The van der Waals surface area contributed by atoms with Gasteiger partial charge >= 0.3 is 0 Å². The minimum Gasteiger partial charge on any atom is -0.300 e. The van der Waals surface area contributed by atoms with Gasteiger partial charge in [0.25, 0.3) is 0 Å². The number of carbonyl (C=O) groups is 1. The first kappa shape index (κ1) is 14.0. The molecule has 0 saturated heterocycles. The highest BCUT2D eigenvalue weighted by molar-refractivity contribution is 5.79. The second-order valence-corrected chi connectivity index (χ2v) is 2.74. The molecule has 1 fully saturated rings. The average Bonchev–Trinajstić information content (AvgIpc) is 2.11. The molecule has 1 aliphatic carbocycles. The van der Waals surface area contributed by atoms with Crippen molar-refractivity contribution < 1.29 is 4.79 Å². The SMILES string of the molecule is C=C.CC.CC1CCCC(=O)C1. The van der Waals surface area contributed by atoms with E-state index in [1.807, 2.05) is 13.8 Å². The van der Waals surface area contributed by atoms with Crippen LogP contribution in [0.15, 0.2) is 13.2 Å². The number of carbonyl (C=O) groups excluding carboxylic acids is 1. The molecule has 1 aliphatic rings. The third-order valence-electron chi connectivity index (χ3n) is 1.73. The Balaban J connectivity index is 0. The van der Waals surface area contributed by atoms with E-state index in [9.17, 15) is 4.79 Å². The fraction of sp³-hybridized carbons (Fsp3) is 0.727. The van der Waals surface area contributed by atoms with Crippen LogP contribution in [0, 0.1) is 5.92 Å². The van der Waals surface area contributed by atoms with E-state index in [-0.39, 0.29) is 0 Å². The summed E-state index contributed by atoms with van der Waals surface area (Å²) in [5.41, 5.74) is 0. The van der Waals surface area contributed by atoms with Crippen LogP contribution in [0.25, 0.3) is 0 Å². The normalized spacial score (nSPS) is 21.2. The Morgan fingerprint density at radius 3 is 2.08 bits per heavy atom. The van der Waals surface area contributed by atoms with Gasteiger partial charge in [-0.05, 0) is 18.8 Å². The number of hydrogen-bond donors (Lipinski definition) is 0. The van der Waals surface area contributed by atoms with Gasteiger partial charge in [0.2, 0.25) is 0 Å². The molecule has 1 heteroatoms. The Bertz CT molecular complexity index is 108. The number of ketones is 1. The van der Waals surface area contributed by atoms with E-state index in [1.54, 1.807) is 0 Å². The quantitative estimate of drug-likeness (QED) is 0.508. The molecule has 0 aromatic rings. The fourth-order valence-corrected chi connectivity index (χ4v) is 1.24. The maximum atomic E-state index is 10.7. The molecule has 0 heterocycles. The highest BCUT2D eigenvalue weighted by Gasteiger charge is 2.14. The van der Waals surface area contributed by atoms with Crippen molar-refractivity contribution in [2.24, 2.45) is 5.92 Å². The summed E-state index contributed by atoms with van der Waals surface area (Å²) in [7, 11) is 0. The zero-order valence-electron chi connectivity index (χ0n) is 8.73. The van der Waals surface area contributed by atoms with E-state index in [2.05, 4.69) is 20.1 Å². The standard InChI is InChI=1S/C7H12O.C2H6.C2H4/c1-6-3-2-4-7(8)5-6;2*1-2/h6H,2-5H2,1H3;1-2H3;1-2H2. The molecule has 1 saturated carbocycles. The molecule has 0 amide bonds. The Labute approximate surface area is 76.9 Å². The van der Waals surface area contributed by atoms with Crippen LogP contribution < -0.4 is 0 Å². The lowest BCUT2D eigenvalue weighted by Gasteiger charge is -2.14. The Morgan fingerprint density at radius 1 is 1.33 bits per heavy atom. The molecular formula is C11H22O. The molecule has 0 radical (unpaired) electrons. The van der Waals surface area contributed by atoms with Crippen LogP contribution in [0.3, 0.4) is 0 Å². The van der Waals surface area contributed by atoms with Crippen molar-refractivity contribution in [3.8, 4) is 0 Å². The zero-order chi connectivity index (χ0) is 9.98. The molecule has 0 bridgehead atoms. The van der Waals surface area contributed by atoms with Crippen molar-refractivity contribution in [2.75, 3.05) is 0 Å². The second kappa shape index (κ2) is 10.4. The van der Waals surface area contributed by atoms with Gasteiger partial charge in [0.1, 0.15) is 5.78 Å². The molecule has 1 nitrogen and oxygen atoms in total. The van der Waals surface area contributed by atoms with Crippen LogP contribution in [0.4, 0.5) is 0 Å². The van der Waals surface area contributed by atoms with Crippen molar-refractivity contribution in [3.63, 3.8) is 0 Å². The summed E-state index contributed by atoms with van der Waals surface area (Å²) >= 11 is 0. The van der Waals surface area contributed by atoms with Crippen molar-refractivity contribution in [1.29, 1.82) is 0 Å². The predicted molar refractivity (Wildman–Crippen MR) is 55.2 cm³/mol. The highest BCUT2D eigenvalue weighted by atomic mass is 16.1. The van der Waals surface area contributed by atoms with Crippen LogP contribution in [0.1, 0.15) is 46.5 Å². The van der Waals surface area contributed by atoms with Gasteiger partial charge < -0.3 is 0 Å². The first-order chi connectivity index (χ1) is 5.79. The molecule has 0 N–H and O–H groups in total. The molecule has 0 aliphatic heterocycles. The van der Waals surface area contributed by atoms with E-state index in [1.165, 1.54) is 6.42 Å². The van der Waals surface area contributed by atoms with Crippen LogP contribution in [-0.4, -0.2) is 5.78 Å². The van der Waals surface area contributed by atoms with E-state index in [0.29, 0.717) is 11.7 Å². The van der Waals surface area contributed by atoms with Gasteiger partial charge in [-0.25, -0.2) is 0 Å². The third-order valence-corrected chi connectivity index (χ3v) is 1.73. The fourth-order valence-electron chi connectivity index (χ4n) is 1.24. The van der Waals surface area contributed by atoms with Gasteiger partial charge in [-0.3, -0.25) is 4.79 Å². The minimum absolute atomic E-state index is 0.462. The van der Waals surface area contributed by atoms with Crippen molar-refractivity contribution in [3.05, 3.63) is 13.2 Å². The van der Waals surface area contributed by atoms with Gasteiger partial charge in [-0.2, -0.15) is 0 Å². The minimum atomic E-state index is 0.462. The number of rotatable bonds is 0. The lowest BCUT2D eigenvalue weighted by Crippen LogP contribution is -2.11. The first-order valence-corrected chi connectivity index (χ1v) is 4.81. The number of hydrogen-bond acceptors (Lipinski definition) is 1. The van der Waals surface area contributed by atoms with Crippen LogP contribution in [0.5, 0.6) is 0 Å². The third kappa shape index (κ3) is 7.52. The summed E-state index contributed by atoms with van der Waals surface area (Å²) in [6.45, 7) is 12.1. The topological polar surface area (TPSA) is 17.1 Å². The van der Waals surface area contributed by atoms with E-state index in [4.69, 9.17) is 0 Å². The van der Waals surface area contributed by atoms with Crippen molar-refractivity contribution in [2.45, 2.75) is 46.5 Å². The highest BCUT2D eigenvalue weighted by Crippen LogP contribution is 2.19. The van der Waals surface area contributed by atoms with Crippen LogP contribution in [-0.2, 0) is 4.79 Å². The van der Waals surface area contributed by atoms with Gasteiger partial charge in [0.15, 0.2) is 0 Å². The van der Waals surface area contributed by atoms with Crippen LogP contribution >= 0.6 is 0 Å². The molecule has 0 aromatic heterocycles. The predicted octanol–water partition coefficient (Wildman–Crippen LogP) is 3.59. The van der Waals surface area contributed by atoms with E-state index >= 15 is 0 Å². The monoisotopic (exact) mass is 170 g/mol. The second-order valence-electron chi connectivity index (χ2n) is 2.74. The van der Waals surface area contributed by atoms with Gasteiger partial charge in [0.05, 0.1) is 0 Å². The first-order valence-electron chi connectivity index (χ1n) is 4.81. The lowest BCUT2D eigenvalue weighted by atomic mass is 9.90. The maximum absolute atomic E-state index is 10.7. The van der Waals surface area contributed by atoms with Gasteiger partial charge in [-0.1, -0.05) is 20.8 Å². The van der Waals surface area contributed by atoms with Crippen molar-refractivity contribution in [1.82, 2.24) is 0 Å². The zero-order valence-corrected chi connectivity index (χ0v) is 8.73. The molecule has 12 heavy (non-hydrogen) atoms. The van der Waals surface area contributed by atoms with E-state index < -0.39 is 0 Å². The van der Waals surface area contributed by atoms with Crippen molar-refractivity contribution >= 4 is 5.78 Å². The number of Topliss-reactive ketones (excluding diaryl/α,β-unsaturated/α-hetero) is 1. The molecule has 1 unspecified atom stereocenters. The summed E-state index contributed by atoms with van der Waals surface area (Å²) < 4.78 is 0. The summed E-state index contributed by atoms with van der Waals surface area (Å²) in [5, 5.41) is 0. The van der Waals surface area contributed by atoms with Crippen LogP contribution in [0.2, 0.25) is 0 Å². The summed E-state index contributed by atoms with van der Waals surface area (Å²) in [4.78, 5) is 10.7.